The predicted molar refractivity (Wildman–Crippen MR) is 113 cm³/mol. The molecular formula is C21H19N5O3S. The maximum Gasteiger partial charge on any atom is 0.237 e. The number of ether oxygens (including phenoxy) is 1. The lowest BCUT2D eigenvalue weighted by molar-refractivity contribution is -0.115. The molecule has 2 heterocycles. The Labute approximate surface area is 177 Å². The number of carbonyl (C=O) groups excluding carboxylic acids is 1. The number of furan rings is 1. The number of nitrogens with one attached hydrogen (secondary N) is 1. The first-order valence-electron chi connectivity index (χ1n) is 9.26. The first-order valence-corrected chi connectivity index (χ1v) is 10.1. The van der Waals surface area contributed by atoms with Gasteiger partial charge in [0.15, 0.2) is 0 Å². The van der Waals surface area contributed by atoms with Crippen molar-refractivity contribution in [3.63, 3.8) is 0 Å². The monoisotopic (exact) mass is 421 g/mol. The summed E-state index contributed by atoms with van der Waals surface area (Å²) in [6, 6.07) is 20.4. The topological polar surface area (TPSA) is 95.1 Å². The molecule has 9 heteroatoms. The number of anilines is 1. The van der Waals surface area contributed by atoms with Gasteiger partial charge in [0.05, 0.1) is 11.5 Å². The van der Waals surface area contributed by atoms with Gasteiger partial charge >= 0.3 is 0 Å². The number of hydrogen-bond acceptors (Lipinski definition) is 7. The molecule has 0 saturated heterocycles. The Balaban J connectivity index is 1.33. The Morgan fingerprint density at radius 3 is 2.60 bits per heavy atom. The number of hydrogen-bond donors (Lipinski definition) is 1. The van der Waals surface area contributed by atoms with Crippen LogP contribution in [-0.2, 0) is 11.3 Å². The van der Waals surface area contributed by atoms with Crippen LogP contribution in [0.2, 0.25) is 0 Å². The normalized spacial score (nSPS) is 11.8. The summed E-state index contributed by atoms with van der Waals surface area (Å²) in [6.45, 7) is 2.21. The lowest BCUT2D eigenvalue weighted by atomic mass is 10.3. The van der Waals surface area contributed by atoms with Gasteiger partial charge in [-0.25, -0.2) is 4.68 Å². The van der Waals surface area contributed by atoms with Gasteiger partial charge in [0.1, 0.15) is 23.8 Å². The summed E-state index contributed by atoms with van der Waals surface area (Å²) in [5, 5.41) is 14.7. The van der Waals surface area contributed by atoms with Crippen LogP contribution in [0.25, 0.3) is 0 Å². The third-order valence-corrected chi connectivity index (χ3v) is 5.21. The molecule has 0 aliphatic rings. The second-order valence-electron chi connectivity index (χ2n) is 6.39. The molecule has 2 aromatic heterocycles. The van der Waals surface area contributed by atoms with Gasteiger partial charge in [-0.2, -0.15) is 0 Å². The minimum absolute atomic E-state index is 0.149. The van der Waals surface area contributed by atoms with Crippen LogP contribution < -0.4 is 10.1 Å². The van der Waals surface area contributed by atoms with E-state index in [4.69, 9.17) is 9.15 Å². The standard InChI is InChI=1S/C21H19N5O3S/c1-15(30-21-23-24-25-26(21)14-19-8-5-13-28-19)20(27)22-16-9-11-18(12-10-16)29-17-6-3-2-4-7-17/h2-13,15H,14H2,1H3,(H,22,27). The molecule has 1 unspecified atom stereocenters. The highest BCUT2D eigenvalue weighted by molar-refractivity contribution is 8.00. The summed E-state index contributed by atoms with van der Waals surface area (Å²) in [5.74, 6) is 2.04. The number of thioether (sulfide) groups is 1. The summed E-state index contributed by atoms with van der Waals surface area (Å²) >= 11 is 1.28. The van der Waals surface area contributed by atoms with E-state index in [-0.39, 0.29) is 5.91 Å². The molecule has 0 fully saturated rings. The number of tetrazole rings is 1. The van der Waals surface area contributed by atoms with Crippen molar-refractivity contribution in [2.75, 3.05) is 5.32 Å². The second kappa shape index (κ2) is 9.27. The summed E-state index contributed by atoms with van der Waals surface area (Å²) in [4.78, 5) is 12.6. The number of aromatic nitrogens is 4. The molecule has 0 aliphatic heterocycles. The van der Waals surface area contributed by atoms with Gasteiger partial charge in [0.2, 0.25) is 11.1 Å². The molecule has 1 atom stereocenters. The molecule has 0 spiro atoms. The average molecular weight is 421 g/mol. The first kappa shape index (κ1) is 19.7. The van der Waals surface area contributed by atoms with Crippen molar-refractivity contribution in [1.82, 2.24) is 20.2 Å². The molecule has 2 aromatic carbocycles. The summed E-state index contributed by atoms with van der Waals surface area (Å²) in [6.07, 6.45) is 1.60. The zero-order valence-electron chi connectivity index (χ0n) is 16.1. The molecule has 8 nitrogen and oxygen atoms in total. The van der Waals surface area contributed by atoms with Gasteiger partial charge < -0.3 is 14.5 Å². The van der Waals surface area contributed by atoms with Crippen molar-refractivity contribution >= 4 is 23.4 Å². The fraction of sp³-hybridized carbons (Fsp3) is 0.143. The Morgan fingerprint density at radius 2 is 1.87 bits per heavy atom. The Hall–Kier alpha value is -3.59. The highest BCUT2D eigenvalue weighted by Crippen LogP contribution is 2.25. The molecule has 30 heavy (non-hydrogen) atoms. The highest BCUT2D eigenvalue weighted by Gasteiger charge is 2.19. The SMILES string of the molecule is CC(Sc1nnnn1Cc1ccco1)C(=O)Nc1ccc(Oc2ccccc2)cc1. The third-order valence-electron chi connectivity index (χ3n) is 4.14. The van der Waals surface area contributed by atoms with E-state index in [0.717, 1.165) is 11.5 Å². The van der Waals surface area contributed by atoms with Gasteiger partial charge in [-0.15, -0.1) is 5.10 Å². The van der Waals surface area contributed by atoms with Crippen molar-refractivity contribution in [1.29, 1.82) is 0 Å². The summed E-state index contributed by atoms with van der Waals surface area (Å²) in [7, 11) is 0. The van der Waals surface area contributed by atoms with Crippen molar-refractivity contribution in [2.45, 2.75) is 23.9 Å². The Morgan fingerprint density at radius 1 is 1.10 bits per heavy atom. The maximum absolute atomic E-state index is 12.6. The van der Waals surface area contributed by atoms with Crippen LogP contribution in [0.4, 0.5) is 5.69 Å². The quantitative estimate of drug-likeness (QED) is 0.426. The molecule has 1 N–H and O–H groups in total. The minimum Gasteiger partial charge on any atom is -0.467 e. The molecule has 0 bridgehead atoms. The van der Waals surface area contributed by atoms with E-state index in [1.165, 1.54) is 11.8 Å². The van der Waals surface area contributed by atoms with E-state index in [1.54, 1.807) is 36.1 Å². The average Bonchev–Trinajstić information content (AvgIpc) is 3.43. The van der Waals surface area contributed by atoms with Crippen LogP contribution in [0.3, 0.4) is 0 Å². The highest BCUT2D eigenvalue weighted by atomic mass is 32.2. The predicted octanol–water partition coefficient (Wildman–Crippen LogP) is 4.23. The van der Waals surface area contributed by atoms with Crippen molar-refractivity contribution in [2.24, 2.45) is 0 Å². The molecule has 1 amide bonds. The lowest BCUT2D eigenvalue weighted by Crippen LogP contribution is -2.23. The Kier molecular flexibility index (Phi) is 6.09. The van der Waals surface area contributed by atoms with E-state index >= 15 is 0 Å². The number of rotatable bonds is 8. The van der Waals surface area contributed by atoms with E-state index in [1.807, 2.05) is 48.5 Å². The minimum atomic E-state index is -0.397. The zero-order valence-corrected chi connectivity index (χ0v) is 17.0. The molecule has 4 rings (SSSR count). The van der Waals surface area contributed by atoms with E-state index in [9.17, 15) is 4.79 Å². The summed E-state index contributed by atoms with van der Waals surface area (Å²) in [5.41, 5.74) is 0.683. The van der Waals surface area contributed by atoms with Crippen LogP contribution in [-0.4, -0.2) is 31.4 Å². The lowest BCUT2D eigenvalue weighted by Gasteiger charge is -2.12. The van der Waals surface area contributed by atoms with Crippen molar-refractivity contribution < 1.29 is 13.9 Å². The number of para-hydroxylation sites is 1. The van der Waals surface area contributed by atoms with Crippen LogP contribution in [0.1, 0.15) is 12.7 Å². The first-order chi connectivity index (χ1) is 14.7. The smallest absolute Gasteiger partial charge is 0.237 e. The van der Waals surface area contributed by atoms with Gasteiger partial charge in [-0.1, -0.05) is 30.0 Å². The van der Waals surface area contributed by atoms with E-state index in [0.29, 0.717) is 23.1 Å². The zero-order chi connectivity index (χ0) is 20.8. The molecule has 4 aromatic rings. The molecule has 0 saturated carbocycles. The van der Waals surface area contributed by atoms with Gasteiger partial charge in [-0.05, 0) is 65.9 Å². The number of nitrogens with zero attached hydrogens (tertiary/aromatic N) is 4. The van der Waals surface area contributed by atoms with Crippen LogP contribution in [0.15, 0.2) is 82.6 Å². The number of carbonyl (C=O) groups is 1. The molecule has 152 valence electrons. The maximum atomic E-state index is 12.6. The van der Waals surface area contributed by atoms with Gasteiger partial charge in [0, 0.05) is 5.69 Å². The fourth-order valence-corrected chi connectivity index (χ4v) is 3.41. The number of benzene rings is 2. The Bertz CT molecular complexity index is 1080. The fourth-order valence-electron chi connectivity index (χ4n) is 2.62. The second-order valence-corrected chi connectivity index (χ2v) is 7.70. The van der Waals surface area contributed by atoms with Gasteiger partial charge in [-0.3, -0.25) is 4.79 Å². The van der Waals surface area contributed by atoms with Crippen LogP contribution in [0.5, 0.6) is 11.5 Å². The van der Waals surface area contributed by atoms with Crippen molar-refractivity contribution in [3.05, 3.63) is 78.8 Å². The van der Waals surface area contributed by atoms with Gasteiger partial charge in [0.25, 0.3) is 0 Å². The van der Waals surface area contributed by atoms with Crippen LogP contribution in [0, 0.1) is 0 Å². The number of amides is 1. The van der Waals surface area contributed by atoms with E-state index < -0.39 is 5.25 Å². The van der Waals surface area contributed by atoms with Crippen molar-refractivity contribution in [3.8, 4) is 11.5 Å². The molecule has 0 radical (unpaired) electrons. The van der Waals surface area contributed by atoms with Crippen LogP contribution >= 0.6 is 11.8 Å². The third kappa shape index (κ3) is 5.06. The summed E-state index contributed by atoms with van der Waals surface area (Å²) < 4.78 is 12.7. The van der Waals surface area contributed by atoms with E-state index in [2.05, 4.69) is 20.8 Å². The molecular weight excluding hydrogens is 402 g/mol. The molecule has 0 aliphatic carbocycles. The largest absolute Gasteiger partial charge is 0.467 e.